The summed E-state index contributed by atoms with van der Waals surface area (Å²) in [5.74, 6) is -1.10. The largest absolute Gasteiger partial charge is 0.463 e. The molecule has 0 aromatic heterocycles. The molecule has 0 bridgehead atoms. The third-order valence-electron chi connectivity index (χ3n) is 1.38. The number of carbonyl (C=O) groups excluding carboxylic acids is 2. The van der Waals surface area contributed by atoms with Crippen LogP contribution in [0.1, 0.15) is 13.8 Å². The van der Waals surface area contributed by atoms with Gasteiger partial charge in [0.05, 0.1) is 18.8 Å². The molecule has 5 nitrogen and oxygen atoms in total. The molecule has 84 valence electrons. The minimum atomic E-state index is -0.569. The van der Waals surface area contributed by atoms with E-state index in [9.17, 15) is 9.59 Å². The minimum Gasteiger partial charge on any atom is -0.463 e. The minimum absolute atomic E-state index is 0.116. The number of nitrogens with two attached hydrogens (primary N) is 1. The molecule has 0 saturated heterocycles. The van der Waals surface area contributed by atoms with E-state index in [4.69, 9.17) is 10.5 Å². The summed E-state index contributed by atoms with van der Waals surface area (Å²) in [6.45, 7) is 3.91. The molecule has 0 atom stereocenters. The summed E-state index contributed by atoms with van der Waals surface area (Å²) in [6.07, 6.45) is 3.46. The molecular formula is C10H15NO4. The summed E-state index contributed by atoms with van der Waals surface area (Å²) in [5.41, 5.74) is 5.31. The highest BCUT2D eigenvalue weighted by molar-refractivity contribution is 5.93. The van der Waals surface area contributed by atoms with Gasteiger partial charge in [-0.15, -0.1) is 0 Å². The van der Waals surface area contributed by atoms with Crippen molar-refractivity contribution in [3.8, 4) is 0 Å². The van der Waals surface area contributed by atoms with Crippen molar-refractivity contribution in [3.63, 3.8) is 0 Å². The monoisotopic (exact) mass is 213 g/mol. The lowest BCUT2D eigenvalue weighted by Gasteiger charge is -2.00. The molecule has 0 aromatic rings. The van der Waals surface area contributed by atoms with Crippen LogP contribution in [0.3, 0.4) is 0 Å². The fraction of sp³-hybridized carbons (Fsp3) is 0.400. The van der Waals surface area contributed by atoms with Crippen molar-refractivity contribution in [1.29, 1.82) is 0 Å². The van der Waals surface area contributed by atoms with Gasteiger partial charge in [-0.25, -0.2) is 9.59 Å². The van der Waals surface area contributed by atoms with Gasteiger partial charge < -0.3 is 15.2 Å². The van der Waals surface area contributed by atoms with Crippen LogP contribution in [0, 0.1) is 0 Å². The van der Waals surface area contributed by atoms with Crippen molar-refractivity contribution in [2.24, 2.45) is 5.73 Å². The molecule has 0 aliphatic carbocycles. The molecule has 0 aliphatic rings. The van der Waals surface area contributed by atoms with E-state index in [2.05, 4.69) is 4.74 Å². The van der Waals surface area contributed by atoms with Crippen molar-refractivity contribution >= 4 is 11.9 Å². The van der Waals surface area contributed by atoms with Gasteiger partial charge in [0.1, 0.15) is 0 Å². The Balaban J connectivity index is 4.34. The van der Waals surface area contributed by atoms with E-state index < -0.39 is 11.9 Å². The van der Waals surface area contributed by atoms with Gasteiger partial charge in [0.25, 0.3) is 0 Å². The summed E-state index contributed by atoms with van der Waals surface area (Å²) in [6, 6.07) is 0. The zero-order valence-corrected chi connectivity index (χ0v) is 8.86. The van der Waals surface area contributed by atoms with Gasteiger partial charge in [0, 0.05) is 12.3 Å². The summed E-state index contributed by atoms with van der Waals surface area (Å²) >= 11 is 0. The molecule has 0 heterocycles. The van der Waals surface area contributed by atoms with Crippen LogP contribution in [0.4, 0.5) is 0 Å². The molecule has 0 fully saturated rings. The molecule has 15 heavy (non-hydrogen) atoms. The highest BCUT2D eigenvalue weighted by Gasteiger charge is 2.06. The van der Waals surface area contributed by atoms with E-state index in [0.29, 0.717) is 0 Å². The number of carbonyl (C=O) groups is 2. The lowest BCUT2D eigenvalue weighted by atomic mass is 10.2. The van der Waals surface area contributed by atoms with Gasteiger partial charge in [-0.05, 0) is 19.9 Å². The molecule has 0 aliphatic heterocycles. The van der Waals surface area contributed by atoms with Crippen LogP contribution in [0.15, 0.2) is 23.9 Å². The van der Waals surface area contributed by atoms with Gasteiger partial charge in [-0.3, -0.25) is 0 Å². The first-order valence-corrected chi connectivity index (χ1v) is 4.59. The topological polar surface area (TPSA) is 78.6 Å². The Bertz CT molecular complexity index is 281. The summed E-state index contributed by atoms with van der Waals surface area (Å²) in [4.78, 5) is 22.1. The van der Waals surface area contributed by atoms with Crippen LogP contribution in [-0.4, -0.2) is 25.2 Å². The standard InChI is InChI=1S/C10H15NO4/c1-3-14-9(12)6-5-8(7-11)10(13)15-4-2/h5-7H,3-4,11H2,1-2H3/b6-5+,8-7-. The zero-order chi connectivity index (χ0) is 11.7. The molecule has 0 spiro atoms. The summed E-state index contributed by atoms with van der Waals surface area (Å²) < 4.78 is 9.33. The smallest absolute Gasteiger partial charge is 0.339 e. The summed E-state index contributed by atoms with van der Waals surface area (Å²) in [7, 11) is 0. The predicted octanol–water partition coefficient (Wildman–Crippen LogP) is 0.511. The molecule has 0 saturated carbocycles. The average molecular weight is 213 g/mol. The maximum atomic E-state index is 11.2. The highest BCUT2D eigenvalue weighted by Crippen LogP contribution is 1.99. The molecule has 0 aromatic carbocycles. The number of hydrogen-bond donors (Lipinski definition) is 1. The SMILES string of the molecule is CCOC(=O)/C=C/C(=C/N)C(=O)OCC. The molecule has 5 heteroatoms. The van der Waals surface area contributed by atoms with Crippen LogP contribution in [0.25, 0.3) is 0 Å². The highest BCUT2D eigenvalue weighted by atomic mass is 16.5. The first-order valence-electron chi connectivity index (χ1n) is 4.59. The zero-order valence-electron chi connectivity index (χ0n) is 8.86. The third kappa shape index (κ3) is 5.51. The normalized spacial score (nSPS) is 11.5. The molecule has 2 N–H and O–H groups in total. The Labute approximate surface area is 88.5 Å². The van der Waals surface area contributed by atoms with Crippen LogP contribution in [-0.2, 0) is 19.1 Å². The van der Waals surface area contributed by atoms with Crippen molar-refractivity contribution in [1.82, 2.24) is 0 Å². The number of esters is 2. The Kier molecular flexibility index (Phi) is 6.70. The van der Waals surface area contributed by atoms with E-state index >= 15 is 0 Å². The second-order valence-electron chi connectivity index (χ2n) is 2.43. The van der Waals surface area contributed by atoms with E-state index in [-0.39, 0.29) is 18.8 Å². The molecule has 0 rings (SSSR count). The third-order valence-corrected chi connectivity index (χ3v) is 1.38. The predicted molar refractivity (Wildman–Crippen MR) is 54.7 cm³/mol. The second-order valence-corrected chi connectivity index (χ2v) is 2.43. The fourth-order valence-corrected chi connectivity index (χ4v) is 0.754. The maximum absolute atomic E-state index is 11.2. The van der Waals surface area contributed by atoms with Crippen LogP contribution < -0.4 is 5.73 Å². The van der Waals surface area contributed by atoms with Crippen molar-refractivity contribution in [3.05, 3.63) is 23.9 Å². The lowest BCUT2D eigenvalue weighted by Crippen LogP contribution is -2.08. The van der Waals surface area contributed by atoms with Crippen LogP contribution in [0.2, 0.25) is 0 Å². The van der Waals surface area contributed by atoms with E-state index in [1.54, 1.807) is 13.8 Å². The Morgan fingerprint density at radius 2 is 1.73 bits per heavy atom. The Morgan fingerprint density at radius 3 is 2.20 bits per heavy atom. The van der Waals surface area contributed by atoms with E-state index in [1.165, 1.54) is 6.08 Å². The van der Waals surface area contributed by atoms with E-state index in [1.807, 2.05) is 0 Å². The van der Waals surface area contributed by atoms with Gasteiger partial charge in [0.15, 0.2) is 0 Å². The Hall–Kier alpha value is -1.78. The van der Waals surface area contributed by atoms with Gasteiger partial charge in [0.2, 0.25) is 0 Å². The molecular weight excluding hydrogens is 198 g/mol. The number of ether oxygens (including phenoxy) is 2. The van der Waals surface area contributed by atoms with Crippen molar-refractivity contribution in [2.45, 2.75) is 13.8 Å². The lowest BCUT2D eigenvalue weighted by molar-refractivity contribution is -0.138. The average Bonchev–Trinajstić information content (AvgIpc) is 2.19. The van der Waals surface area contributed by atoms with Gasteiger partial charge >= 0.3 is 11.9 Å². The van der Waals surface area contributed by atoms with Crippen LogP contribution in [0.5, 0.6) is 0 Å². The van der Waals surface area contributed by atoms with Crippen LogP contribution >= 0.6 is 0 Å². The number of hydrogen-bond acceptors (Lipinski definition) is 5. The van der Waals surface area contributed by atoms with Crippen molar-refractivity contribution < 1.29 is 19.1 Å². The fourth-order valence-electron chi connectivity index (χ4n) is 0.754. The first-order chi connectivity index (χ1) is 7.15. The van der Waals surface area contributed by atoms with Gasteiger partial charge in [-0.2, -0.15) is 0 Å². The molecule has 0 amide bonds. The Morgan fingerprint density at radius 1 is 1.13 bits per heavy atom. The van der Waals surface area contributed by atoms with Crippen molar-refractivity contribution in [2.75, 3.05) is 13.2 Å². The quantitative estimate of drug-likeness (QED) is 0.409. The first kappa shape index (κ1) is 13.2. The number of rotatable bonds is 5. The maximum Gasteiger partial charge on any atom is 0.339 e. The molecule has 0 unspecified atom stereocenters. The van der Waals surface area contributed by atoms with E-state index in [0.717, 1.165) is 12.3 Å². The second kappa shape index (κ2) is 7.61. The molecule has 0 radical (unpaired) electrons. The summed E-state index contributed by atoms with van der Waals surface area (Å²) in [5, 5.41) is 0. The van der Waals surface area contributed by atoms with Gasteiger partial charge in [-0.1, -0.05) is 0 Å².